The molecule has 5 nitrogen and oxygen atoms in total. The van der Waals surface area contributed by atoms with Gasteiger partial charge in [0.15, 0.2) is 5.82 Å². The molecule has 2 aromatic heterocycles. The van der Waals surface area contributed by atoms with E-state index in [9.17, 15) is 0 Å². The molecule has 2 heterocycles. The van der Waals surface area contributed by atoms with Crippen LogP contribution in [0.2, 0.25) is 0 Å². The van der Waals surface area contributed by atoms with E-state index in [0.717, 1.165) is 29.1 Å². The Morgan fingerprint density at radius 2 is 2.06 bits per heavy atom. The monoisotopic (exact) mass is 232 g/mol. The summed E-state index contributed by atoms with van der Waals surface area (Å²) in [5.74, 6) is 2.17. The topological polar surface area (TPSA) is 63.7 Å². The first-order valence-corrected chi connectivity index (χ1v) is 5.59. The largest absolute Gasteiger partial charge is 0.481 e. The molecule has 0 unspecified atom stereocenters. The molecule has 0 saturated carbocycles. The van der Waals surface area contributed by atoms with Crippen LogP contribution in [0, 0.1) is 13.8 Å². The van der Waals surface area contributed by atoms with E-state index in [4.69, 9.17) is 4.74 Å². The van der Waals surface area contributed by atoms with Crippen LogP contribution in [0.4, 0.5) is 0 Å². The van der Waals surface area contributed by atoms with E-state index in [1.54, 1.807) is 7.11 Å². The molecule has 0 bridgehead atoms. The molecule has 0 aliphatic carbocycles. The Bertz CT molecular complexity index is 533. The Kier molecular flexibility index (Phi) is 3.08. The number of aryl methyl sites for hydroxylation is 3. The van der Waals surface area contributed by atoms with E-state index >= 15 is 0 Å². The van der Waals surface area contributed by atoms with Crippen molar-refractivity contribution in [3.05, 3.63) is 23.1 Å². The van der Waals surface area contributed by atoms with Gasteiger partial charge in [0.25, 0.3) is 0 Å². The molecule has 2 rings (SSSR count). The molecule has 90 valence electrons. The normalized spacial score (nSPS) is 10.6. The molecule has 0 aromatic carbocycles. The molecule has 0 fully saturated rings. The highest BCUT2D eigenvalue weighted by atomic mass is 16.5. The maximum absolute atomic E-state index is 5.25. The van der Waals surface area contributed by atoms with Crippen LogP contribution < -0.4 is 4.74 Å². The Hall–Kier alpha value is -1.91. The van der Waals surface area contributed by atoms with Crippen LogP contribution in [-0.4, -0.2) is 27.3 Å². The van der Waals surface area contributed by atoms with Crippen molar-refractivity contribution in [2.75, 3.05) is 7.11 Å². The minimum Gasteiger partial charge on any atom is -0.481 e. The highest BCUT2D eigenvalue weighted by Gasteiger charge is 2.13. The minimum absolute atomic E-state index is 0.681. The van der Waals surface area contributed by atoms with E-state index in [0.29, 0.717) is 11.7 Å². The van der Waals surface area contributed by atoms with Gasteiger partial charge in [0.1, 0.15) is 5.82 Å². The van der Waals surface area contributed by atoms with Crippen LogP contribution in [0.1, 0.15) is 24.0 Å². The third-order valence-electron chi connectivity index (χ3n) is 2.66. The second-order valence-corrected chi connectivity index (χ2v) is 3.89. The van der Waals surface area contributed by atoms with Crippen LogP contribution >= 0.6 is 0 Å². The van der Waals surface area contributed by atoms with Crippen LogP contribution in [0.25, 0.3) is 11.4 Å². The number of rotatable bonds is 3. The first kappa shape index (κ1) is 11.6. The summed E-state index contributed by atoms with van der Waals surface area (Å²) in [5.41, 5.74) is 2.89. The van der Waals surface area contributed by atoms with Crippen molar-refractivity contribution in [2.45, 2.75) is 27.2 Å². The molecule has 0 aliphatic rings. The Labute approximate surface area is 100 Å². The fourth-order valence-corrected chi connectivity index (χ4v) is 1.74. The number of pyridine rings is 1. The number of hydrogen-bond donors (Lipinski definition) is 1. The second kappa shape index (κ2) is 4.53. The van der Waals surface area contributed by atoms with Crippen LogP contribution in [0.3, 0.4) is 0 Å². The quantitative estimate of drug-likeness (QED) is 0.879. The zero-order valence-electron chi connectivity index (χ0n) is 10.5. The number of nitrogens with zero attached hydrogens (tertiary/aromatic N) is 3. The van der Waals surface area contributed by atoms with Gasteiger partial charge in [-0.1, -0.05) is 6.92 Å². The SMILES string of the molecule is CCc1cc(-c2n[nH]c(C)n2)c(C)nc1OC. The number of nitrogens with one attached hydrogen (secondary N) is 1. The molecular formula is C12H16N4O. The lowest BCUT2D eigenvalue weighted by atomic mass is 10.1. The molecule has 2 aromatic rings. The van der Waals surface area contributed by atoms with Crippen molar-refractivity contribution >= 4 is 0 Å². The summed E-state index contributed by atoms with van der Waals surface area (Å²) in [6, 6.07) is 2.05. The van der Waals surface area contributed by atoms with Crippen molar-refractivity contribution in [3.63, 3.8) is 0 Å². The van der Waals surface area contributed by atoms with Crippen molar-refractivity contribution in [2.24, 2.45) is 0 Å². The molecule has 0 radical (unpaired) electrons. The van der Waals surface area contributed by atoms with E-state index in [-0.39, 0.29) is 0 Å². The molecule has 0 saturated heterocycles. The third kappa shape index (κ3) is 2.13. The van der Waals surface area contributed by atoms with Crippen LogP contribution in [0.15, 0.2) is 6.07 Å². The van der Waals surface area contributed by atoms with E-state index in [1.807, 2.05) is 19.9 Å². The number of H-pyrrole nitrogens is 1. The molecule has 1 N–H and O–H groups in total. The van der Waals surface area contributed by atoms with Crippen molar-refractivity contribution < 1.29 is 4.74 Å². The average molecular weight is 232 g/mol. The summed E-state index contributed by atoms with van der Waals surface area (Å²) in [6.07, 6.45) is 0.868. The second-order valence-electron chi connectivity index (χ2n) is 3.89. The summed E-state index contributed by atoms with van der Waals surface area (Å²) in [4.78, 5) is 8.76. The molecule has 0 amide bonds. The minimum atomic E-state index is 0.681. The third-order valence-corrected chi connectivity index (χ3v) is 2.66. The lowest BCUT2D eigenvalue weighted by molar-refractivity contribution is 0.392. The van der Waals surface area contributed by atoms with Gasteiger partial charge in [0, 0.05) is 11.1 Å². The first-order valence-electron chi connectivity index (χ1n) is 5.59. The Morgan fingerprint density at radius 1 is 1.29 bits per heavy atom. The van der Waals surface area contributed by atoms with Gasteiger partial charge >= 0.3 is 0 Å². The fraction of sp³-hybridized carbons (Fsp3) is 0.417. The standard InChI is InChI=1S/C12H16N4O/c1-5-9-6-10(7(2)13-12(9)17-4)11-14-8(3)15-16-11/h6H,5H2,1-4H3,(H,14,15,16). The van der Waals surface area contributed by atoms with Gasteiger partial charge in [-0.3, -0.25) is 5.10 Å². The van der Waals surface area contributed by atoms with Crippen molar-refractivity contribution in [3.8, 4) is 17.3 Å². The van der Waals surface area contributed by atoms with Gasteiger partial charge in [0.2, 0.25) is 5.88 Å². The van der Waals surface area contributed by atoms with Gasteiger partial charge in [-0.05, 0) is 26.3 Å². The summed E-state index contributed by atoms with van der Waals surface area (Å²) >= 11 is 0. The lowest BCUT2D eigenvalue weighted by Crippen LogP contribution is -1.99. The van der Waals surface area contributed by atoms with Crippen LogP contribution in [-0.2, 0) is 6.42 Å². The zero-order chi connectivity index (χ0) is 12.4. The summed E-state index contributed by atoms with van der Waals surface area (Å²) in [7, 11) is 1.64. The van der Waals surface area contributed by atoms with Gasteiger partial charge in [-0.2, -0.15) is 5.10 Å². The number of hydrogen-bond acceptors (Lipinski definition) is 4. The van der Waals surface area contributed by atoms with Gasteiger partial charge < -0.3 is 4.74 Å². The number of ether oxygens (including phenoxy) is 1. The van der Waals surface area contributed by atoms with Crippen molar-refractivity contribution in [1.82, 2.24) is 20.2 Å². The molecular weight excluding hydrogens is 216 g/mol. The van der Waals surface area contributed by atoms with Gasteiger partial charge in [-0.15, -0.1) is 0 Å². The molecule has 17 heavy (non-hydrogen) atoms. The predicted molar refractivity (Wildman–Crippen MR) is 65.0 cm³/mol. The maximum atomic E-state index is 5.25. The van der Waals surface area contributed by atoms with Gasteiger partial charge in [-0.25, -0.2) is 9.97 Å². The molecule has 5 heteroatoms. The smallest absolute Gasteiger partial charge is 0.216 e. The molecule has 0 aliphatic heterocycles. The van der Waals surface area contributed by atoms with E-state index in [2.05, 4.69) is 27.1 Å². The summed E-state index contributed by atoms with van der Waals surface area (Å²) in [5, 5.41) is 7.00. The highest BCUT2D eigenvalue weighted by molar-refractivity contribution is 5.60. The van der Waals surface area contributed by atoms with Gasteiger partial charge in [0.05, 0.1) is 12.8 Å². The van der Waals surface area contributed by atoms with Crippen LogP contribution in [0.5, 0.6) is 5.88 Å². The Morgan fingerprint density at radius 3 is 2.59 bits per heavy atom. The predicted octanol–water partition coefficient (Wildman–Crippen LogP) is 2.05. The number of aromatic amines is 1. The summed E-state index contributed by atoms with van der Waals surface area (Å²) < 4.78 is 5.25. The fourth-order valence-electron chi connectivity index (χ4n) is 1.74. The summed E-state index contributed by atoms with van der Waals surface area (Å²) in [6.45, 7) is 5.88. The first-order chi connectivity index (χ1) is 8.15. The van der Waals surface area contributed by atoms with E-state index in [1.165, 1.54) is 0 Å². The Balaban J connectivity index is 2.55. The van der Waals surface area contributed by atoms with E-state index < -0.39 is 0 Å². The highest BCUT2D eigenvalue weighted by Crippen LogP contribution is 2.25. The molecule has 0 atom stereocenters. The average Bonchev–Trinajstić information content (AvgIpc) is 2.75. The van der Waals surface area contributed by atoms with Crippen molar-refractivity contribution in [1.29, 1.82) is 0 Å². The molecule has 0 spiro atoms. The maximum Gasteiger partial charge on any atom is 0.216 e. The number of methoxy groups -OCH3 is 1. The number of aromatic nitrogens is 4. The lowest BCUT2D eigenvalue weighted by Gasteiger charge is -2.09. The zero-order valence-corrected chi connectivity index (χ0v) is 10.5.